The molecule has 0 fully saturated rings. The third-order valence-electron chi connectivity index (χ3n) is 4.48. The molecule has 0 N–H and O–H groups in total. The second kappa shape index (κ2) is 12.1. The molecule has 34 heavy (non-hydrogen) atoms. The summed E-state index contributed by atoms with van der Waals surface area (Å²) in [5.41, 5.74) is 0. The topological polar surface area (TPSA) is 151 Å². The van der Waals surface area contributed by atoms with Crippen LogP contribution in [-0.4, -0.2) is 62.9 Å². The Balaban J connectivity index is 0.000000321. The zero-order valence-corrected chi connectivity index (χ0v) is 24.0. The van der Waals surface area contributed by atoms with Crippen LogP contribution in [0.2, 0.25) is 0 Å². The molecule has 2 aliphatic heterocycles. The molecule has 0 radical (unpaired) electrons. The van der Waals surface area contributed by atoms with Gasteiger partial charge in [-0.1, -0.05) is 7.43 Å². The van der Waals surface area contributed by atoms with Crippen LogP contribution in [0.3, 0.4) is 0 Å². The van der Waals surface area contributed by atoms with Gasteiger partial charge < -0.3 is 28.1 Å². The number of ether oxygens (including phenoxy) is 4. The van der Waals surface area contributed by atoms with Crippen molar-refractivity contribution in [1.82, 2.24) is 0 Å². The van der Waals surface area contributed by atoms with Gasteiger partial charge in [-0.3, -0.25) is 0 Å². The maximum absolute atomic E-state index is 10.6. The van der Waals surface area contributed by atoms with Crippen molar-refractivity contribution >= 4 is 42.9 Å². The van der Waals surface area contributed by atoms with Crippen molar-refractivity contribution in [3.8, 4) is 23.0 Å². The number of hydrogen-bond donors (Lipinski definition) is 0. The van der Waals surface area contributed by atoms with Crippen LogP contribution in [-0.2, 0) is 20.2 Å². The standard InChI is InChI=1S/2C9H12O5S2.CH4.Na/c2*1-5-8-9(6(2)15-5)14-7(3-13-8)4-16(10,11)12;;/h2*7H,3-4H2,1-2H3,(H,10,11,12);1H4;/q;;;+1/p-2. The molecule has 0 saturated carbocycles. The van der Waals surface area contributed by atoms with Gasteiger partial charge in [-0.25, -0.2) is 16.8 Å². The SMILES string of the molecule is C.Cc1sc(C)c2c1OCC(CS(=O)(=O)[O-])O2.Cc1sc(C)c2c1OCC(CS(=O)(=O)[O-])O2.[Na+]. The summed E-state index contributed by atoms with van der Waals surface area (Å²) >= 11 is 3.05. The van der Waals surface area contributed by atoms with Crippen molar-refractivity contribution in [1.29, 1.82) is 0 Å². The van der Waals surface area contributed by atoms with Gasteiger partial charge in [0.1, 0.15) is 25.4 Å². The van der Waals surface area contributed by atoms with E-state index in [1.54, 1.807) is 0 Å². The van der Waals surface area contributed by atoms with E-state index in [9.17, 15) is 25.9 Å². The van der Waals surface area contributed by atoms with Crippen molar-refractivity contribution in [2.45, 2.75) is 47.3 Å². The molecule has 4 rings (SSSR count). The summed E-state index contributed by atoms with van der Waals surface area (Å²) in [5.74, 6) is 1.37. The largest absolute Gasteiger partial charge is 1.00 e. The van der Waals surface area contributed by atoms with Crippen LogP contribution < -0.4 is 48.5 Å². The molecular formula is C19H26NaO10S4-. The maximum atomic E-state index is 10.6. The molecule has 0 aromatic carbocycles. The van der Waals surface area contributed by atoms with Crippen molar-refractivity contribution in [2.24, 2.45) is 0 Å². The monoisotopic (exact) mass is 565 g/mol. The Morgan fingerprint density at radius 3 is 1.29 bits per heavy atom. The van der Waals surface area contributed by atoms with E-state index in [0.29, 0.717) is 23.0 Å². The molecule has 2 unspecified atom stereocenters. The number of aryl methyl sites for hydroxylation is 4. The molecule has 2 aliphatic rings. The predicted molar refractivity (Wildman–Crippen MR) is 123 cm³/mol. The fourth-order valence-electron chi connectivity index (χ4n) is 3.27. The number of hydrogen-bond acceptors (Lipinski definition) is 12. The Bertz CT molecular complexity index is 1110. The molecule has 2 aromatic heterocycles. The summed E-state index contributed by atoms with van der Waals surface area (Å²) in [7, 11) is -8.57. The molecule has 4 heterocycles. The van der Waals surface area contributed by atoms with Crippen LogP contribution in [0.5, 0.6) is 23.0 Å². The molecule has 10 nitrogen and oxygen atoms in total. The van der Waals surface area contributed by atoms with Crippen LogP contribution in [0.4, 0.5) is 0 Å². The average Bonchev–Trinajstić information content (AvgIpc) is 3.08. The van der Waals surface area contributed by atoms with E-state index in [1.807, 2.05) is 27.7 Å². The van der Waals surface area contributed by atoms with Crippen LogP contribution in [0.1, 0.15) is 26.9 Å². The first-order valence-electron chi connectivity index (χ1n) is 9.39. The van der Waals surface area contributed by atoms with Gasteiger partial charge in [-0.15, -0.1) is 22.7 Å². The van der Waals surface area contributed by atoms with Crippen LogP contribution in [0, 0.1) is 27.7 Å². The molecule has 2 atom stereocenters. The Morgan fingerprint density at radius 2 is 1.00 bits per heavy atom. The second-order valence-corrected chi connectivity index (χ2v) is 13.1. The predicted octanol–water partition coefficient (Wildman–Crippen LogP) is -0.260. The molecule has 2 aromatic rings. The smallest absolute Gasteiger partial charge is 0.748 e. The summed E-state index contributed by atoms with van der Waals surface area (Å²) in [6, 6.07) is 0. The van der Waals surface area contributed by atoms with Gasteiger partial charge in [-0.05, 0) is 27.7 Å². The van der Waals surface area contributed by atoms with Gasteiger partial charge in [0.15, 0.2) is 23.0 Å². The Labute approximate surface area is 230 Å². The summed E-state index contributed by atoms with van der Waals surface area (Å²) in [5, 5.41) is 0. The van der Waals surface area contributed by atoms with Gasteiger partial charge in [0.05, 0.1) is 31.7 Å². The van der Waals surface area contributed by atoms with Crippen molar-refractivity contribution in [2.75, 3.05) is 24.7 Å². The van der Waals surface area contributed by atoms with E-state index in [2.05, 4.69) is 0 Å². The zero-order chi connectivity index (χ0) is 23.8. The Morgan fingerprint density at radius 1 is 0.706 bits per heavy atom. The minimum Gasteiger partial charge on any atom is -0.748 e. The van der Waals surface area contributed by atoms with Gasteiger partial charge >= 0.3 is 29.6 Å². The Hall–Kier alpha value is -0.580. The second-order valence-electron chi connectivity index (χ2n) is 7.30. The number of thiophene rings is 2. The van der Waals surface area contributed by atoms with Crippen LogP contribution >= 0.6 is 22.7 Å². The summed E-state index contributed by atoms with van der Waals surface area (Å²) in [6.45, 7) is 7.76. The van der Waals surface area contributed by atoms with Crippen LogP contribution in [0.25, 0.3) is 0 Å². The third-order valence-corrected chi connectivity index (χ3v) is 8.01. The van der Waals surface area contributed by atoms with Crippen LogP contribution in [0.15, 0.2) is 0 Å². The number of rotatable bonds is 4. The zero-order valence-electron chi connectivity index (χ0n) is 18.7. The first kappa shape index (κ1) is 31.4. The van der Waals surface area contributed by atoms with E-state index in [-0.39, 0.29) is 50.2 Å². The fourth-order valence-corrected chi connectivity index (χ4v) is 6.38. The van der Waals surface area contributed by atoms with Crippen molar-refractivity contribution < 1.29 is 74.4 Å². The first-order valence-corrected chi connectivity index (χ1v) is 14.2. The van der Waals surface area contributed by atoms with Crippen molar-refractivity contribution in [3.63, 3.8) is 0 Å². The summed E-state index contributed by atoms with van der Waals surface area (Å²) in [6.07, 6.45) is -1.41. The van der Waals surface area contributed by atoms with Crippen molar-refractivity contribution in [3.05, 3.63) is 19.5 Å². The minimum atomic E-state index is -4.28. The quantitative estimate of drug-likeness (QED) is 0.358. The molecule has 15 heteroatoms. The van der Waals surface area contributed by atoms with Gasteiger partial charge in [0.25, 0.3) is 0 Å². The molecule has 0 spiro atoms. The van der Waals surface area contributed by atoms with E-state index >= 15 is 0 Å². The average molecular weight is 566 g/mol. The summed E-state index contributed by atoms with van der Waals surface area (Å²) < 4.78 is 85.4. The minimum absolute atomic E-state index is 0. The van der Waals surface area contributed by atoms with Gasteiger partial charge in [0.2, 0.25) is 0 Å². The Kier molecular flexibility index (Phi) is 11.2. The van der Waals surface area contributed by atoms with E-state index in [1.165, 1.54) is 22.7 Å². The van der Waals surface area contributed by atoms with Gasteiger partial charge in [-0.2, -0.15) is 0 Å². The molecule has 0 aliphatic carbocycles. The molecule has 0 saturated heterocycles. The third kappa shape index (κ3) is 8.23. The molecule has 0 amide bonds. The van der Waals surface area contributed by atoms with Gasteiger partial charge in [0, 0.05) is 19.5 Å². The number of fused-ring (bicyclic) bond motifs is 2. The fraction of sp³-hybridized carbons (Fsp3) is 0.579. The van der Waals surface area contributed by atoms with E-state index < -0.39 is 43.9 Å². The molecule has 0 bridgehead atoms. The van der Waals surface area contributed by atoms with E-state index in [4.69, 9.17) is 18.9 Å². The molecular weight excluding hydrogens is 539 g/mol. The first-order chi connectivity index (χ1) is 14.7. The summed E-state index contributed by atoms with van der Waals surface area (Å²) in [4.78, 5) is 3.85. The normalized spacial score (nSPS) is 18.6. The van der Waals surface area contributed by atoms with E-state index in [0.717, 1.165) is 19.5 Å². The maximum Gasteiger partial charge on any atom is 1.00 e. The molecule has 188 valence electrons.